The first-order chi connectivity index (χ1) is 18.7. The fourth-order valence-electron chi connectivity index (χ4n) is 5.53. The van der Waals surface area contributed by atoms with Gasteiger partial charge in [0.2, 0.25) is 0 Å². The van der Waals surface area contributed by atoms with Crippen LogP contribution in [0.5, 0.6) is 11.5 Å². The molecule has 0 bridgehead atoms. The number of hydrogen-bond donors (Lipinski definition) is 0. The number of rotatable bonds is 3. The minimum Gasteiger partial charge on any atom is -0.457 e. The average molecular weight is 492 g/mol. The summed E-state index contributed by atoms with van der Waals surface area (Å²) in [5.74, 6) is 3.11. The standard InChI is InChI=1S/C32H21N5O/c1-20-34-32-27-18-21(13-15-23(27)24-8-3-5-11-29(24)37(32)35-20)38-22-14-16-26-25-9-2-4-10-28(25)36(30(26)19-22)31-12-6-7-17-33-31/h2-19H,1H3. The van der Waals surface area contributed by atoms with Crippen molar-refractivity contribution in [1.82, 2.24) is 24.1 Å². The van der Waals surface area contributed by atoms with E-state index in [-0.39, 0.29) is 0 Å². The molecule has 0 aliphatic heterocycles. The van der Waals surface area contributed by atoms with Gasteiger partial charge in [0.25, 0.3) is 0 Å². The predicted molar refractivity (Wildman–Crippen MR) is 151 cm³/mol. The normalized spacial score (nSPS) is 11.8. The molecule has 38 heavy (non-hydrogen) atoms. The molecule has 6 heteroatoms. The summed E-state index contributed by atoms with van der Waals surface area (Å²) < 4.78 is 10.6. The zero-order chi connectivity index (χ0) is 25.2. The average Bonchev–Trinajstić information content (AvgIpc) is 3.51. The van der Waals surface area contributed by atoms with Crippen LogP contribution in [0.1, 0.15) is 5.82 Å². The lowest BCUT2D eigenvalue weighted by Gasteiger charge is -2.11. The Morgan fingerprint density at radius 2 is 1.29 bits per heavy atom. The molecule has 0 saturated heterocycles. The van der Waals surface area contributed by atoms with Crippen molar-refractivity contribution in [2.75, 3.05) is 0 Å². The molecule has 0 atom stereocenters. The fourth-order valence-corrected chi connectivity index (χ4v) is 5.53. The van der Waals surface area contributed by atoms with Crippen LogP contribution in [0.3, 0.4) is 0 Å². The van der Waals surface area contributed by atoms with Crippen molar-refractivity contribution in [2.45, 2.75) is 6.92 Å². The monoisotopic (exact) mass is 491 g/mol. The Balaban J connectivity index is 1.31. The maximum Gasteiger partial charge on any atom is 0.164 e. The number of hydrogen-bond acceptors (Lipinski definition) is 4. The second-order valence-electron chi connectivity index (χ2n) is 9.44. The maximum absolute atomic E-state index is 6.46. The van der Waals surface area contributed by atoms with Crippen molar-refractivity contribution in [3.63, 3.8) is 0 Å². The van der Waals surface area contributed by atoms with Crippen LogP contribution in [0.25, 0.3) is 54.9 Å². The molecule has 0 N–H and O–H groups in total. The quantitative estimate of drug-likeness (QED) is 0.238. The largest absolute Gasteiger partial charge is 0.457 e. The highest BCUT2D eigenvalue weighted by atomic mass is 16.5. The highest BCUT2D eigenvalue weighted by Crippen LogP contribution is 2.36. The molecule has 4 heterocycles. The van der Waals surface area contributed by atoms with Crippen LogP contribution in [0, 0.1) is 6.92 Å². The Bertz CT molecular complexity index is 2180. The van der Waals surface area contributed by atoms with Gasteiger partial charge in [-0.3, -0.25) is 4.57 Å². The number of ether oxygens (including phenoxy) is 1. The number of aromatic nitrogens is 5. The first kappa shape index (κ1) is 20.9. The van der Waals surface area contributed by atoms with Crippen molar-refractivity contribution in [3.05, 3.63) is 115 Å². The summed E-state index contributed by atoms with van der Waals surface area (Å²) in [6.45, 7) is 1.92. The highest BCUT2D eigenvalue weighted by molar-refractivity contribution is 6.12. The topological polar surface area (TPSA) is 57.2 Å². The van der Waals surface area contributed by atoms with Crippen LogP contribution in [-0.4, -0.2) is 24.1 Å². The molecule has 8 rings (SSSR count). The van der Waals surface area contributed by atoms with Gasteiger partial charge in [0.05, 0.1) is 16.6 Å². The summed E-state index contributed by atoms with van der Waals surface area (Å²) in [6, 6.07) is 35.1. The lowest BCUT2D eigenvalue weighted by Crippen LogP contribution is -1.96. The van der Waals surface area contributed by atoms with E-state index in [0.29, 0.717) is 0 Å². The molecule has 6 nitrogen and oxygen atoms in total. The van der Waals surface area contributed by atoms with E-state index in [2.05, 4.69) is 81.4 Å². The van der Waals surface area contributed by atoms with Crippen molar-refractivity contribution >= 4 is 49.1 Å². The van der Waals surface area contributed by atoms with Gasteiger partial charge in [-0.2, -0.15) is 5.10 Å². The summed E-state index contributed by atoms with van der Waals surface area (Å²) >= 11 is 0. The van der Waals surface area contributed by atoms with Gasteiger partial charge in [0.1, 0.15) is 23.1 Å². The van der Waals surface area contributed by atoms with E-state index in [1.807, 2.05) is 54.0 Å². The van der Waals surface area contributed by atoms with E-state index < -0.39 is 0 Å². The zero-order valence-corrected chi connectivity index (χ0v) is 20.5. The van der Waals surface area contributed by atoms with Crippen molar-refractivity contribution in [1.29, 1.82) is 0 Å². The van der Waals surface area contributed by atoms with Gasteiger partial charge in [-0.15, -0.1) is 0 Å². The summed E-state index contributed by atoms with van der Waals surface area (Å²) in [5.41, 5.74) is 4.02. The fraction of sp³-hybridized carbons (Fsp3) is 0.0312. The van der Waals surface area contributed by atoms with E-state index in [1.165, 1.54) is 5.39 Å². The first-order valence-electron chi connectivity index (χ1n) is 12.5. The SMILES string of the molecule is Cc1nc2c3cc(Oc4ccc5c6ccccc6n(-c6ccccn6)c5c4)ccc3c3ccccc3n2n1. The molecule has 0 amide bonds. The third-order valence-electron chi connectivity index (χ3n) is 7.13. The van der Waals surface area contributed by atoms with Crippen molar-refractivity contribution in [2.24, 2.45) is 0 Å². The number of para-hydroxylation sites is 2. The van der Waals surface area contributed by atoms with Crippen LogP contribution in [0.2, 0.25) is 0 Å². The van der Waals surface area contributed by atoms with Crippen LogP contribution in [0.4, 0.5) is 0 Å². The molecular formula is C32H21N5O. The molecule has 4 aromatic heterocycles. The van der Waals surface area contributed by atoms with Gasteiger partial charge in [-0.1, -0.05) is 42.5 Å². The lowest BCUT2D eigenvalue weighted by molar-refractivity contribution is 0.484. The first-order valence-corrected chi connectivity index (χ1v) is 12.5. The third kappa shape index (κ3) is 3.04. The van der Waals surface area contributed by atoms with E-state index in [0.717, 1.165) is 66.9 Å². The van der Waals surface area contributed by atoms with E-state index in [1.54, 1.807) is 0 Å². The second kappa shape index (κ2) is 7.88. The second-order valence-corrected chi connectivity index (χ2v) is 9.44. The van der Waals surface area contributed by atoms with Gasteiger partial charge in [0.15, 0.2) is 5.65 Å². The van der Waals surface area contributed by atoms with Gasteiger partial charge < -0.3 is 4.74 Å². The van der Waals surface area contributed by atoms with Crippen LogP contribution in [-0.2, 0) is 0 Å². The van der Waals surface area contributed by atoms with Crippen LogP contribution in [0.15, 0.2) is 109 Å². The Labute approximate surface area is 217 Å². The smallest absolute Gasteiger partial charge is 0.164 e. The molecule has 0 fully saturated rings. The molecule has 4 aromatic carbocycles. The number of fused-ring (bicyclic) bond motifs is 9. The van der Waals surface area contributed by atoms with Gasteiger partial charge >= 0.3 is 0 Å². The lowest BCUT2D eigenvalue weighted by atomic mass is 10.1. The number of pyridine rings is 2. The summed E-state index contributed by atoms with van der Waals surface area (Å²) in [7, 11) is 0. The number of nitrogens with zero attached hydrogens (tertiary/aromatic N) is 5. The molecule has 180 valence electrons. The molecule has 8 aromatic rings. The Morgan fingerprint density at radius 3 is 2.11 bits per heavy atom. The van der Waals surface area contributed by atoms with E-state index >= 15 is 0 Å². The summed E-state index contributed by atoms with van der Waals surface area (Å²) in [6.07, 6.45) is 1.82. The summed E-state index contributed by atoms with van der Waals surface area (Å²) in [4.78, 5) is 9.37. The van der Waals surface area contributed by atoms with Gasteiger partial charge in [-0.25, -0.2) is 14.5 Å². The molecule has 0 unspecified atom stereocenters. The highest BCUT2D eigenvalue weighted by Gasteiger charge is 2.15. The molecular weight excluding hydrogens is 470 g/mol. The molecule has 0 spiro atoms. The maximum atomic E-state index is 6.46. The molecule has 0 aliphatic rings. The zero-order valence-electron chi connectivity index (χ0n) is 20.5. The van der Waals surface area contributed by atoms with Crippen LogP contribution >= 0.6 is 0 Å². The summed E-state index contributed by atoms with van der Waals surface area (Å²) in [5, 5.41) is 10.3. The van der Waals surface area contributed by atoms with Gasteiger partial charge in [-0.05, 0) is 66.9 Å². The van der Waals surface area contributed by atoms with E-state index in [4.69, 9.17) is 9.72 Å². The Kier molecular flexibility index (Phi) is 4.34. The molecule has 0 saturated carbocycles. The molecule has 0 aliphatic carbocycles. The minimum atomic E-state index is 0.738. The number of aryl methyl sites for hydroxylation is 1. The Morgan fingerprint density at radius 1 is 0.605 bits per heavy atom. The Hall–Kier alpha value is -5.23. The van der Waals surface area contributed by atoms with Gasteiger partial charge in [0, 0.05) is 33.8 Å². The van der Waals surface area contributed by atoms with E-state index in [9.17, 15) is 0 Å². The van der Waals surface area contributed by atoms with Crippen molar-refractivity contribution < 1.29 is 4.74 Å². The minimum absolute atomic E-state index is 0.738. The predicted octanol–water partition coefficient (Wildman–Crippen LogP) is 7.63. The third-order valence-corrected chi connectivity index (χ3v) is 7.13. The number of benzene rings is 4. The van der Waals surface area contributed by atoms with Crippen LogP contribution < -0.4 is 4.74 Å². The molecule has 0 radical (unpaired) electrons. The van der Waals surface area contributed by atoms with Crippen molar-refractivity contribution in [3.8, 4) is 17.3 Å².